The summed E-state index contributed by atoms with van der Waals surface area (Å²) in [4.78, 5) is 53.1. The van der Waals surface area contributed by atoms with Gasteiger partial charge in [0, 0.05) is 50.6 Å². The molecule has 6 bridgehead atoms. The van der Waals surface area contributed by atoms with Crippen molar-refractivity contribution in [2.75, 3.05) is 64.4 Å². The lowest BCUT2D eigenvalue weighted by Gasteiger charge is -2.53. The average molecular weight is 1400 g/mol. The molecule has 12 atom stereocenters. The molecular formula is C79H111N21O3. The summed E-state index contributed by atoms with van der Waals surface area (Å²) in [5.41, 5.74) is 61.2. The number of fused-ring (bicyclic) bond motifs is 7. The molecule has 550 valence electrons. The van der Waals surface area contributed by atoms with Gasteiger partial charge in [-0.2, -0.15) is 24.9 Å². The molecule has 5 aromatic heterocycles. The number of methoxy groups -OCH3 is 1. The molecule has 3 saturated heterocycles. The van der Waals surface area contributed by atoms with Crippen LogP contribution in [0.4, 0.5) is 58.8 Å². The van der Waals surface area contributed by atoms with Crippen LogP contribution in [-0.4, -0.2) is 91.0 Å². The molecule has 1 amide bonds. The number of amides is 1. The lowest BCUT2D eigenvalue weighted by Crippen LogP contribution is -2.46. The summed E-state index contributed by atoms with van der Waals surface area (Å²) in [5, 5.41) is 0. The quantitative estimate of drug-likeness (QED) is 0.0566. The van der Waals surface area contributed by atoms with Gasteiger partial charge in [0.1, 0.15) is 40.4 Å². The molecule has 7 aliphatic rings. The molecular weight excluding hydrogens is 1290 g/mol. The zero-order valence-corrected chi connectivity index (χ0v) is 63.4. The normalized spacial score (nSPS) is 24.0. The van der Waals surface area contributed by atoms with Crippen LogP contribution in [0, 0.1) is 113 Å². The Hall–Kier alpha value is -10.6. The van der Waals surface area contributed by atoms with E-state index < -0.39 is 0 Å². The number of aromatic nitrogens is 10. The van der Waals surface area contributed by atoms with E-state index in [1.165, 1.54) is 38.1 Å². The van der Waals surface area contributed by atoms with Gasteiger partial charge in [-0.05, 0) is 105 Å². The zero-order valence-electron chi connectivity index (χ0n) is 63.4. The van der Waals surface area contributed by atoms with Crippen LogP contribution in [0.5, 0.6) is 5.75 Å². The van der Waals surface area contributed by atoms with Crippen molar-refractivity contribution in [1.29, 1.82) is 0 Å². The molecule has 13 rings (SSSR count). The lowest BCUT2D eigenvalue weighted by atomic mass is 9.51. The first-order chi connectivity index (χ1) is 49.2. The number of carbonyl (C=O) groups excluding carboxylic acids is 1. The van der Waals surface area contributed by atoms with Crippen molar-refractivity contribution in [3.8, 4) is 65.0 Å². The van der Waals surface area contributed by atoms with Crippen molar-refractivity contribution in [1.82, 2.24) is 54.7 Å². The molecule has 1 aromatic carbocycles. The molecule has 24 nitrogen and oxygen atoms in total. The molecule has 12 unspecified atom stereocenters. The summed E-state index contributed by atoms with van der Waals surface area (Å²) < 4.78 is 11.5. The standard InChI is InChI=1S/C17H23N5O.C17H24N4.C16H20N4O.C15H16N4O.C8H10N4.3C2H6/c1-10-11(2)17(8-6-14(10)22(17)12(3)23)7-4-5-13-9-20-16(19)21-15(13)18;1-11-9-17(7-5-13(11)8-12(17)2)6-3-4-14-10-20-16(19)21-15(14)18;1-10-8-11(2)16(7-5-13(10)21-16)6-3-4-12-9-19-15(18)20-14(12)17;1-10-6-7-13(20-2)11(8-10)4-3-5-12-9-18-15(17)19-14(12)16;1-2-3-4-6-5-11-8(10)12-7(6)9;3*1-2/h9-11,14H,6-8H2,1-3H3,(H4,18,19,20,21);10-13H,5-9H2,1-2H3,(H4,18,19,20,21);5,7,9-11,13H,6,8H2,1-2H3,(H4,17,18,19,20);6-9H,4H2,1-2H3,(H4,16,17,18,19);5H,2H2,1H3,(H4,9,10,11,12);3*1-2H3. The van der Waals surface area contributed by atoms with E-state index in [2.05, 4.69) is 174 Å². The Morgan fingerprint density at radius 2 is 1.02 bits per heavy atom. The highest BCUT2D eigenvalue weighted by Gasteiger charge is 2.60. The molecule has 6 aromatic rings. The number of ether oxygens (including phenoxy) is 2. The van der Waals surface area contributed by atoms with Crippen LogP contribution in [0.2, 0.25) is 0 Å². The fourth-order valence-corrected chi connectivity index (χ4v) is 14.4. The van der Waals surface area contributed by atoms with Gasteiger partial charge < -0.3 is 71.7 Å². The molecule has 9 heterocycles. The number of nitrogens with zero attached hydrogens (tertiary/aromatic N) is 11. The summed E-state index contributed by atoms with van der Waals surface area (Å²) in [5.74, 6) is 38.6. The number of nitrogens with two attached hydrogens (primary N) is 10. The van der Waals surface area contributed by atoms with Crippen molar-refractivity contribution < 1.29 is 14.3 Å². The van der Waals surface area contributed by atoms with Crippen LogP contribution in [-0.2, 0) is 16.0 Å². The molecule has 0 radical (unpaired) electrons. The molecule has 24 heteroatoms. The van der Waals surface area contributed by atoms with Crippen LogP contribution in [0.15, 0.2) is 61.3 Å². The minimum Gasteiger partial charge on any atom is -0.496 e. The van der Waals surface area contributed by atoms with Gasteiger partial charge in [0.05, 0.1) is 77.6 Å². The van der Waals surface area contributed by atoms with E-state index in [0.29, 0.717) is 111 Å². The number of anilines is 10. The van der Waals surface area contributed by atoms with Crippen LogP contribution < -0.4 is 62.1 Å². The van der Waals surface area contributed by atoms with E-state index in [9.17, 15) is 4.79 Å². The Labute approximate surface area is 611 Å². The Morgan fingerprint density at radius 1 is 0.573 bits per heavy atom. The first-order valence-corrected chi connectivity index (χ1v) is 35.9. The number of benzene rings is 1. The monoisotopic (exact) mass is 1400 g/mol. The Balaban J connectivity index is 0.000000230. The average Bonchev–Trinajstić information content (AvgIpc) is 1.56. The molecule has 0 spiro atoms. The molecule has 3 aliphatic carbocycles. The van der Waals surface area contributed by atoms with Gasteiger partial charge in [0.15, 0.2) is 0 Å². The summed E-state index contributed by atoms with van der Waals surface area (Å²) >= 11 is 0. The molecule has 4 aliphatic heterocycles. The van der Waals surface area contributed by atoms with Crippen molar-refractivity contribution >= 4 is 64.7 Å². The second-order valence-electron chi connectivity index (χ2n) is 26.3. The van der Waals surface area contributed by atoms with Crippen LogP contribution in [0.3, 0.4) is 0 Å². The third kappa shape index (κ3) is 21.5. The minimum atomic E-state index is -0.256. The number of carbonyl (C=O) groups is 1. The van der Waals surface area contributed by atoms with Crippen LogP contribution >= 0.6 is 0 Å². The molecule has 3 saturated carbocycles. The van der Waals surface area contributed by atoms with Gasteiger partial charge in [0.25, 0.3) is 0 Å². The predicted molar refractivity (Wildman–Crippen MR) is 417 cm³/mol. The van der Waals surface area contributed by atoms with Gasteiger partial charge in [0.2, 0.25) is 35.6 Å². The first-order valence-electron chi connectivity index (χ1n) is 35.9. The number of aryl methyl sites for hydroxylation is 1. The van der Waals surface area contributed by atoms with E-state index >= 15 is 0 Å². The maximum Gasteiger partial charge on any atom is 0.221 e. The van der Waals surface area contributed by atoms with Gasteiger partial charge in [-0.15, -0.1) is 0 Å². The topological polar surface area (TPSA) is 428 Å². The van der Waals surface area contributed by atoms with Crippen molar-refractivity contribution in [3.05, 3.63) is 100 Å². The fourth-order valence-electron chi connectivity index (χ4n) is 14.4. The minimum absolute atomic E-state index is 0.145. The SMILES string of the molecule is CC.CC.CC.CC(=O)N1C2CCC1(CC#Cc1cnc(N)nc1N)C(C)C2C.CC1CC(C)C2(CC#Cc3cnc(N)nc3N)C=CC1O2.CC1CC2(CC#Cc3cnc(N)nc3N)CCC1CC2C.CCC#Cc1cnc(N)nc1N.COc1ccc(C)cc1CC#Cc1cnc(N)nc1N. The van der Waals surface area contributed by atoms with Crippen molar-refractivity contribution in [3.63, 3.8) is 0 Å². The van der Waals surface area contributed by atoms with E-state index in [0.717, 1.165) is 66.7 Å². The Kier molecular flexibility index (Phi) is 31.4. The number of hydrogen-bond acceptors (Lipinski definition) is 23. The molecule has 6 fully saturated rings. The third-order valence-electron chi connectivity index (χ3n) is 19.9. The highest BCUT2D eigenvalue weighted by atomic mass is 16.5. The lowest BCUT2D eigenvalue weighted by molar-refractivity contribution is -0.133. The summed E-state index contributed by atoms with van der Waals surface area (Å²) in [6, 6.07) is 6.35. The maximum atomic E-state index is 12.2. The number of nitrogen functional groups attached to an aromatic ring is 10. The highest BCUT2D eigenvalue weighted by Crippen LogP contribution is 2.58. The van der Waals surface area contributed by atoms with Crippen LogP contribution in [0.25, 0.3) is 0 Å². The summed E-state index contributed by atoms with van der Waals surface area (Å²) in [6.07, 6.45) is 24.6. The fraction of sp³-hybridized carbons (Fsp3) is 0.506. The zero-order chi connectivity index (χ0) is 76.4. The van der Waals surface area contributed by atoms with Gasteiger partial charge in [-0.1, -0.05) is 179 Å². The smallest absolute Gasteiger partial charge is 0.221 e. The van der Waals surface area contributed by atoms with Crippen molar-refractivity contribution in [2.45, 2.75) is 204 Å². The summed E-state index contributed by atoms with van der Waals surface area (Å²) in [6.45, 7) is 31.4. The van der Waals surface area contributed by atoms with Gasteiger partial charge >= 0.3 is 0 Å². The Bertz CT molecular complexity index is 4200. The van der Waals surface area contributed by atoms with E-state index in [1.54, 1.807) is 32.6 Å². The first kappa shape index (κ1) is 83.1. The third-order valence-corrected chi connectivity index (χ3v) is 19.9. The maximum absolute atomic E-state index is 12.2. The second kappa shape index (κ2) is 39.0. The van der Waals surface area contributed by atoms with E-state index in [1.807, 2.05) is 67.5 Å². The highest BCUT2D eigenvalue weighted by molar-refractivity contribution is 5.76. The Morgan fingerprint density at radius 3 is 1.45 bits per heavy atom. The van der Waals surface area contributed by atoms with Crippen LogP contribution in [0.1, 0.15) is 207 Å². The van der Waals surface area contributed by atoms with Gasteiger partial charge in [-0.25, -0.2) is 24.9 Å². The molecule has 103 heavy (non-hydrogen) atoms. The number of rotatable bonds is 5. The van der Waals surface area contributed by atoms with E-state index in [4.69, 9.17) is 66.8 Å². The number of hydrogen-bond donors (Lipinski definition) is 10. The van der Waals surface area contributed by atoms with Gasteiger partial charge in [-0.3, -0.25) is 4.79 Å². The van der Waals surface area contributed by atoms with Crippen molar-refractivity contribution in [2.24, 2.45) is 46.8 Å². The second-order valence-corrected chi connectivity index (χ2v) is 26.3. The largest absolute Gasteiger partial charge is 0.496 e. The molecule has 20 N–H and O–H groups in total. The van der Waals surface area contributed by atoms with E-state index in [-0.39, 0.29) is 52.9 Å². The summed E-state index contributed by atoms with van der Waals surface area (Å²) in [7, 11) is 1.65. The predicted octanol–water partition coefficient (Wildman–Crippen LogP) is 11.0.